The number of carbonyl (C=O) groups excluding carboxylic acids is 1. The Bertz CT molecular complexity index is 826. The number of hydrogen-bond acceptors (Lipinski definition) is 4. The molecule has 2 aromatic carbocycles. The monoisotopic (exact) mass is 356 g/mol. The van der Waals surface area contributed by atoms with E-state index in [2.05, 4.69) is 0 Å². The van der Waals surface area contributed by atoms with Gasteiger partial charge < -0.3 is 4.74 Å². The van der Waals surface area contributed by atoms with Crippen LogP contribution in [0.3, 0.4) is 0 Å². The van der Waals surface area contributed by atoms with Crippen LogP contribution in [0.1, 0.15) is 6.92 Å². The minimum absolute atomic E-state index is 0.137. The van der Waals surface area contributed by atoms with Gasteiger partial charge in [-0.3, -0.25) is 10.2 Å². The summed E-state index contributed by atoms with van der Waals surface area (Å²) in [6, 6.07) is 9.52. The van der Waals surface area contributed by atoms with Crippen LogP contribution in [0.15, 0.2) is 53.4 Å². The number of hydrazine groups is 1. The fraction of sp³-hybridized carbons (Fsp3) is 0.133. The lowest BCUT2D eigenvalue weighted by Gasteiger charge is -2.15. The largest absolute Gasteiger partial charge is 0.478 e. The van der Waals surface area contributed by atoms with E-state index < -0.39 is 33.7 Å². The molecule has 24 heavy (non-hydrogen) atoms. The first kappa shape index (κ1) is 17.8. The maximum absolute atomic E-state index is 13.4. The molecule has 1 amide bonds. The molecule has 0 saturated heterocycles. The number of sulfonamides is 1. The van der Waals surface area contributed by atoms with Crippen molar-refractivity contribution in [1.29, 1.82) is 0 Å². The molecule has 9 heteroatoms. The van der Waals surface area contributed by atoms with Crippen molar-refractivity contribution in [2.45, 2.75) is 17.9 Å². The fourth-order valence-electron chi connectivity index (χ4n) is 1.68. The molecule has 0 bridgehead atoms. The molecular formula is C15H14F2N2O4S. The first-order valence-electron chi connectivity index (χ1n) is 6.78. The highest BCUT2D eigenvalue weighted by Gasteiger charge is 2.20. The highest BCUT2D eigenvalue weighted by atomic mass is 32.2. The normalized spacial score (nSPS) is 12.5. The number of benzene rings is 2. The predicted octanol–water partition coefficient (Wildman–Crippen LogP) is 1.74. The number of ether oxygens (including phenoxy) is 1. The van der Waals surface area contributed by atoms with E-state index in [1.807, 2.05) is 10.3 Å². The van der Waals surface area contributed by atoms with E-state index in [4.69, 9.17) is 4.74 Å². The highest BCUT2D eigenvalue weighted by Crippen LogP contribution is 2.17. The quantitative estimate of drug-likeness (QED) is 0.772. The van der Waals surface area contributed by atoms with E-state index in [0.29, 0.717) is 0 Å². The van der Waals surface area contributed by atoms with Crippen LogP contribution in [0.5, 0.6) is 5.75 Å². The molecule has 2 rings (SSSR count). The molecule has 1 atom stereocenters. The van der Waals surface area contributed by atoms with Crippen molar-refractivity contribution >= 4 is 15.9 Å². The van der Waals surface area contributed by atoms with Gasteiger partial charge in [-0.05, 0) is 43.3 Å². The van der Waals surface area contributed by atoms with Crippen LogP contribution in [0.4, 0.5) is 8.78 Å². The topological polar surface area (TPSA) is 84.5 Å². The first-order valence-corrected chi connectivity index (χ1v) is 8.26. The second-order valence-corrected chi connectivity index (χ2v) is 6.42. The van der Waals surface area contributed by atoms with Crippen LogP contribution in [0.25, 0.3) is 0 Å². The second-order valence-electron chi connectivity index (χ2n) is 4.74. The zero-order valence-electron chi connectivity index (χ0n) is 12.5. The Morgan fingerprint density at radius 1 is 1.08 bits per heavy atom. The molecule has 0 aliphatic rings. The van der Waals surface area contributed by atoms with E-state index in [9.17, 15) is 22.0 Å². The lowest BCUT2D eigenvalue weighted by atomic mass is 10.3. The van der Waals surface area contributed by atoms with Gasteiger partial charge in [0.25, 0.3) is 15.9 Å². The summed E-state index contributed by atoms with van der Waals surface area (Å²) in [6.45, 7) is 1.33. The van der Waals surface area contributed by atoms with Gasteiger partial charge >= 0.3 is 0 Å². The lowest BCUT2D eigenvalue weighted by Crippen LogP contribution is -2.47. The fourth-order valence-corrected chi connectivity index (χ4v) is 2.52. The van der Waals surface area contributed by atoms with Gasteiger partial charge in [0.1, 0.15) is 5.82 Å². The molecule has 2 N–H and O–H groups in total. The summed E-state index contributed by atoms with van der Waals surface area (Å²) in [5.41, 5.74) is 1.96. The molecule has 0 radical (unpaired) electrons. The summed E-state index contributed by atoms with van der Waals surface area (Å²) in [5.74, 6) is -2.21. The molecule has 0 spiro atoms. The van der Waals surface area contributed by atoms with Crippen molar-refractivity contribution in [3.8, 4) is 5.75 Å². The van der Waals surface area contributed by atoms with Crippen LogP contribution >= 0.6 is 0 Å². The number of amides is 1. The standard InChI is InChI=1S/C15H14F2N2O4S/c1-10(23-14-5-3-2-4-13(14)17)15(20)18-19-24(21,22)12-8-6-11(16)7-9-12/h2-10,19H,1H3,(H,18,20)/t10-/m1/s1. The second kappa shape index (κ2) is 7.37. The number of nitrogens with one attached hydrogen (secondary N) is 2. The Morgan fingerprint density at radius 3 is 2.33 bits per heavy atom. The van der Waals surface area contributed by atoms with E-state index >= 15 is 0 Å². The molecule has 6 nitrogen and oxygen atoms in total. The van der Waals surface area contributed by atoms with Crippen LogP contribution in [0, 0.1) is 11.6 Å². The zero-order valence-corrected chi connectivity index (χ0v) is 13.3. The van der Waals surface area contributed by atoms with Crippen molar-refractivity contribution in [1.82, 2.24) is 10.3 Å². The zero-order chi connectivity index (χ0) is 17.7. The summed E-state index contributed by atoms with van der Waals surface area (Å²) >= 11 is 0. The van der Waals surface area contributed by atoms with Gasteiger partial charge in [-0.2, -0.15) is 0 Å². The van der Waals surface area contributed by atoms with Crippen LogP contribution in [-0.2, 0) is 14.8 Å². The van der Waals surface area contributed by atoms with E-state index in [0.717, 1.165) is 30.3 Å². The average Bonchev–Trinajstić information content (AvgIpc) is 2.55. The molecular weight excluding hydrogens is 342 g/mol. The van der Waals surface area contributed by atoms with Crippen molar-refractivity contribution in [3.05, 3.63) is 60.2 Å². The molecule has 0 heterocycles. The van der Waals surface area contributed by atoms with E-state index in [1.165, 1.54) is 25.1 Å². The smallest absolute Gasteiger partial charge is 0.275 e. The highest BCUT2D eigenvalue weighted by molar-refractivity contribution is 7.89. The summed E-state index contributed by atoms with van der Waals surface area (Å²) in [4.78, 5) is 13.5. The number of hydrogen-bond donors (Lipinski definition) is 2. The van der Waals surface area contributed by atoms with Gasteiger partial charge in [0.05, 0.1) is 4.90 Å². The molecule has 128 valence electrons. The average molecular weight is 356 g/mol. The Labute approximate surface area is 137 Å². The van der Waals surface area contributed by atoms with Gasteiger partial charge in [-0.1, -0.05) is 12.1 Å². The third-order valence-electron chi connectivity index (χ3n) is 2.94. The van der Waals surface area contributed by atoms with Crippen LogP contribution in [0.2, 0.25) is 0 Å². The third-order valence-corrected chi connectivity index (χ3v) is 4.21. The van der Waals surface area contributed by atoms with Crippen LogP contribution < -0.4 is 15.0 Å². The lowest BCUT2D eigenvalue weighted by molar-refractivity contribution is -0.127. The van der Waals surface area contributed by atoms with Gasteiger partial charge in [0.2, 0.25) is 0 Å². The maximum Gasteiger partial charge on any atom is 0.275 e. The van der Waals surface area contributed by atoms with Gasteiger partial charge in [-0.15, -0.1) is 4.83 Å². The van der Waals surface area contributed by atoms with Crippen LogP contribution in [-0.4, -0.2) is 20.4 Å². The summed E-state index contributed by atoms with van der Waals surface area (Å²) in [6.07, 6.45) is -1.15. The van der Waals surface area contributed by atoms with Crippen molar-refractivity contribution in [3.63, 3.8) is 0 Å². The number of para-hydroxylation sites is 1. The number of carbonyl (C=O) groups is 1. The molecule has 2 aromatic rings. The first-order chi connectivity index (χ1) is 11.3. The molecule has 0 unspecified atom stereocenters. The molecule has 0 aromatic heterocycles. The summed E-state index contributed by atoms with van der Waals surface area (Å²) in [7, 11) is -4.06. The molecule has 0 aliphatic heterocycles. The number of halogens is 2. The Balaban J connectivity index is 1.97. The Hall–Kier alpha value is -2.52. The minimum atomic E-state index is -4.06. The summed E-state index contributed by atoms with van der Waals surface area (Å²) in [5, 5.41) is 0. The number of rotatable bonds is 6. The van der Waals surface area contributed by atoms with Gasteiger partial charge in [0.15, 0.2) is 17.7 Å². The van der Waals surface area contributed by atoms with Crippen molar-refractivity contribution in [2.75, 3.05) is 0 Å². The van der Waals surface area contributed by atoms with Gasteiger partial charge in [-0.25, -0.2) is 17.2 Å². The maximum atomic E-state index is 13.4. The van der Waals surface area contributed by atoms with Crippen molar-refractivity contribution < 1.29 is 26.7 Å². The van der Waals surface area contributed by atoms with Crippen molar-refractivity contribution in [2.24, 2.45) is 0 Å². The summed E-state index contributed by atoms with van der Waals surface area (Å²) < 4.78 is 55.2. The SMILES string of the molecule is C[C@@H](Oc1ccccc1F)C(=O)NNS(=O)(=O)c1ccc(F)cc1. The minimum Gasteiger partial charge on any atom is -0.478 e. The van der Waals surface area contributed by atoms with E-state index in [1.54, 1.807) is 0 Å². The van der Waals surface area contributed by atoms with E-state index in [-0.39, 0.29) is 10.6 Å². The molecule has 0 saturated carbocycles. The predicted molar refractivity (Wildman–Crippen MR) is 81.4 cm³/mol. The van der Waals surface area contributed by atoms with Gasteiger partial charge in [0, 0.05) is 0 Å². The Morgan fingerprint density at radius 2 is 1.71 bits per heavy atom. The third kappa shape index (κ3) is 4.49. The molecule has 0 aliphatic carbocycles. The Kier molecular flexibility index (Phi) is 5.47. The molecule has 0 fully saturated rings.